The second kappa shape index (κ2) is 4.19. The van der Waals surface area contributed by atoms with Crippen molar-refractivity contribution in [2.75, 3.05) is 0 Å². The molecule has 1 aromatic carbocycles. The normalized spacial score (nSPS) is 10.1. The van der Waals surface area contributed by atoms with Gasteiger partial charge in [-0.3, -0.25) is 10.1 Å². The molecule has 0 radical (unpaired) electrons. The molecule has 0 N–H and O–H groups in total. The van der Waals surface area contributed by atoms with Crippen LogP contribution in [0.5, 0.6) is 0 Å². The van der Waals surface area contributed by atoms with Gasteiger partial charge >= 0.3 is 0 Å². The summed E-state index contributed by atoms with van der Waals surface area (Å²) in [6, 6.07) is 3.34. The van der Waals surface area contributed by atoms with Crippen LogP contribution in [0.3, 0.4) is 0 Å². The van der Waals surface area contributed by atoms with E-state index in [2.05, 4.69) is 31.9 Å². The average Bonchev–Trinajstić information content (AvgIpc) is 2.08. The highest BCUT2D eigenvalue weighted by Crippen LogP contribution is 2.28. The van der Waals surface area contributed by atoms with Gasteiger partial charge in [-0.1, -0.05) is 31.9 Å². The van der Waals surface area contributed by atoms with E-state index in [4.69, 9.17) is 0 Å². The molecule has 0 heterocycles. The molecule has 1 aromatic rings. The summed E-state index contributed by atoms with van der Waals surface area (Å²) in [5, 5.41) is 11.1. The van der Waals surface area contributed by atoms with Crippen LogP contribution >= 0.6 is 31.9 Å². The molecule has 5 heteroatoms. The summed E-state index contributed by atoms with van der Waals surface area (Å²) in [4.78, 5) is 10.2. The van der Waals surface area contributed by atoms with Crippen LogP contribution in [0.15, 0.2) is 16.6 Å². The minimum atomic E-state index is -0.374. The summed E-state index contributed by atoms with van der Waals surface area (Å²) in [5.41, 5.74) is 1.85. The van der Waals surface area contributed by atoms with E-state index in [0.29, 0.717) is 10.9 Å². The predicted molar refractivity (Wildman–Crippen MR) is 58.2 cm³/mol. The number of halogens is 2. The Balaban J connectivity index is 3.33. The van der Waals surface area contributed by atoms with Crippen LogP contribution in [0, 0.1) is 17.0 Å². The van der Waals surface area contributed by atoms with E-state index in [9.17, 15) is 10.1 Å². The van der Waals surface area contributed by atoms with Crippen molar-refractivity contribution in [1.29, 1.82) is 0 Å². The number of benzene rings is 1. The summed E-state index contributed by atoms with van der Waals surface area (Å²) in [6.45, 7) is 1.90. The Morgan fingerprint density at radius 2 is 2.15 bits per heavy atom. The summed E-state index contributed by atoms with van der Waals surface area (Å²) in [5.74, 6) is 0. The molecule has 3 nitrogen and oxygen atoms in total. The van der Waals surface area contributed by atoms with E-state index in [1.807, 2.05) is 6.92 Å². The van der Waals surface area contributed by atoms with Gasteiger partial charge in [0, 0.05) is 21.4 Å². The van der Waals surface area contributed by atoms with Crippen LogP contribution in [0.4, 0.5) is 5.69 Å². The number of nitro groups is 1. The minimum absolute atomic E-state index is 0.148. The smallest absolute Gasteiger partial charge is 0.258 e. The van der Waals surface area contributed by atoms with Crippen molar-refractivity contribution in [2.24, 2.45) is 0 Å². The van der Waals surface area contributed by atoms with Crippen LogP contribution in [0.25, 0.3) is 0 Å². The van der Waals surface area contributed by atoms with Gasteiger partial charge in [0.05, 0.1) is 4.92 Å². The first-order valence-corrected chi connectivity index (χ1v) is 5.47. The molecule has 13 heavy (non-hydrogen) atoms. The highest BCUT2D eigenvalue weighted by atomic mass is 79.9. The van der Waals surface area contributed by atoms with Gasteiger partial charge in [0.15, 0.2) is 0 Å². The molecule has 0 aliphatic rings. The molecule has 0 aliphatic heterocycles. The van der Waals surface area contributed by atoms with E-state index in [1.54, 1.807) is 6.07 Å². The quantitative estimate of drug-likeness (QED) is 0.476. The lowest BCUT2D eigenvalue weighted by atomic mass is 10.1. The maximum absolute atomic E-state index is 10.6. The first-order valence-electron chi connectivity index (χ1n) is 3.55. The SMILES string of the molecule is Cc1cc(CBr)c([N+](=O)[O-])cc1Br. The van der Waals surface area contributed by atoms with Crippen LogP contribution in [0.1, 0.15) is 11.1 Å². The van der Waals surface area contributed by atoms with Crippen molar-refractivity contribution in [1.82, 2.24) is 0 Å². The number of nitrogens with zero attached hydrogens (tertiary/aromatic N) is 1. The van der Waals surface area contributed by atoms with Crippen LogP contribution < -0.4 is 0 Å². The fourth-order valence-electron chi connectivity index (χ4n) is 1.01. The number of hydrogen-bond donors (Lipinski definition) is 0. The average molecular weight is 309 g/mol. The highest BCUT2D eigenvalue weighted by Gasteiger charge is 2.14. The van der Waals surface area contributed by atoms with Crippen molar-refractivity contribution in [3.63, 3.8) is 0 Å². The van der Waals surface area contributed by atoms with E-state index in [-0.39, 0.29) is 10.6 Å². The second-order valence-electron chi connectivity index (χ2n) is 2.62. The lowest BCUT2D eigenvalue weighted by Crippen LogP contribution is -1.94. The standard InChI is InChI=1S/C8H7Br2NO2/c1-5-2-6(4-9)8(11(12)13)3-7(5)10/h2-3H,4H2,1H3. The number of hydrogen-bond acceptors (Lipinski definition) is 2. The van der Waals surface area contributed by atoms with E-state index < -0.39 is 0 Å². The van der Waals surface area contributed by atoms with Crippen LogP contribution in [-0.4, -0.2) is 4.92 Å². The Labute approximate surface area is 92.5 Å². The lowest BCUT2D eigenvalue weighted by molar-refractivity contribution is -0.385. The van der Waals surface area contributed by atoms with Crippen molar-refractivity contribution >= 4 is 37.5 Å². The fraction of sp³-hybridized carbons (Fsp3) is 0.250. The number of alkyl halides is 1. The second-order valence-corrected chi connectivity index (χ2v) is 4.04. The van der Waals surface area contributed by atoms with Gasteiger partial charge in [-0.2, -0.15) is 0 Å². The zero-order chi connectivity index (χ0) is 10.0. The topological polar surface area (TPSA) is 43.1 Å². The van der Waals surface area contributed by atoms with Gasteiger partial charge in [0.1, 0.15) is 0 Å². The first kappa shape index (κ1) is 10.7. The molecule has 1 rings (SSSR count). The summed E-state index contributed by atoms with van der Waals surface area (Å²) in [6.07, 6.45) is 0. The number of nitro benzene ring substituents is 1. The summed E-state index contributed by atoms with van der Waals surface area (Å²) >= 11 is 6.47. The monoisotopic (exact) mass is 307 g/mol. The van der Waals surface area contributed by atoms with E-state index in [1.165, 1.54) is 6.07 Å². The molecule has 70 valence electrons. The van der Waals surface area contributed by atoms with Gasteiger partial charge in [0.2, 0.25) is 0 Å². The Morgan fingerprint density at radius 1 is 1.54 bits per heavy atom. The molecule has 0 amide bonds. The molecule has 0 unspecified atom stereocenters. The highest BCUT2D eigenvalue weighted by molar-refractivity contribution is 9.10. The van der Waals surface area contributed by atoms with Crippen molar-refractivity contribution < 1.29 is 4.92 Å². The minimum Gasteiger partial charge on any atom is -0.258 e. The van der Waals surface area contributed by atoms with Gasteiger partial charge < -0.3 is 0 Å². The van der Waals surface area contributed by atoms with Gasteiger partial charge in [-0.15, -0.1) is 0 Å². The van der Waals surface area contributed by atoms with Crippen molar-refractivity contribution in [3.8, 4) is 0 Å². The molecular formula is C8H7Br2NO2. The Morgan fingerprint density at radius 3 is 2.62 bits per heavy atom. The molecule has 0 atom stereocenters. The third-order valence-electron chi connectivity index (χ3n) is 1.70. The zero-order valence-electron chi connectivity index (χ0n) is 6.88. The molecule has 0 saturated carbocycles. The molecule has 0 spiro atoms. The fourth-order valence-corrected chi connectivity index (χ4v) is 1.79. The van der Waals surface area contributed by atoms with Crippen molar-refractivity contribution in [3.05, 3.63) is 37.8 Å². The molecule has 0 saturated heterocycles. The zero-order valence-corrected chi connectivity index (χ0v) is 10.1. The summed E-state index contributed by atoms with van der Waals surface area (Å²) < 4.78 is 0.768. The Kier molecular flexibility index (Phi) is 3.44. The van der Waals surface area contributed by atoms with Gasteiger partial charge in [-0.25, -0.2) is 0 Å². The Hall–Kier alpha value is -0.420. The molecule has 0 aliphatic carbocycles. The third-order valence-corrected chi connectivity index (χ3v) is 3.16. The van der Waals surface area contributed by atoms with Gasteiger partial charge in [0.25, 0.3) is 5.69 Å². The van der Waals surface area contributed by atoms with E-state index in [0.717, 1.165) is 10.0 Å². The predicted octanol–water partition coefficient (Wildman–Crippen LogP) is 3.56. The molecule has 0 bridgehead atoms. The lowest BCUT2D eigenvalue weighted by Gasteiger charge is -2.02. The van der Waals surface area contributed by atoms with Gasteiger partial charge in [-0.05, 0) is 18.6 Å². The molecule has 0 fully saturated rings. The maximum Gasteiger partial charge on any atom is 0.274 e. The van der Waals surface area contributed by atoms with Crippen molar-refractivity contribution in [2.45, 2.75) is 12.3 Å². The van der Waals surface area contributed by atoms with Crippen LogP contribution in [0.2, 0.25) is 0 Å². The number of aryl methyl sites for hydroxylation is 1. The largest absolute Gasteiger partial charge is 0.274 e. The van der Waals surface area contributed by atoms with E-state index >= 15 is 0 Å². The molecular weight excluding hydrogens is 302 g/mol. The maximum atomic E-state index is 10.6. The number of rotatable bonds is 2. The van der Waals surface area contributed by atoms with Crippen LogP contribution in [-0.2, 0) is 5.33 Å². The first-order chi connectivity index (χ1) is 6.06. The molecule has 0 aromatic heterocycles. The Bertz CT molecular complexity index is 352. The summed E-state index contributed by atoms with van der Waals surface area (Å²) in [7, 11) is 0. The third kappa shape index (κ3) is 2.28.